The minimum atomic E-state index is -3.17. The van der Waals surface area contributed by atoms with Crippen molar-refractivity contribution in [2.75, 3.05) is 55.6 Å². The number of anilines is 2. The molecule has 4 rings (SSSR count). The molecular formula is C20H25F3N8O4. The Bertz CT molecular complexity index is 997. The van der Waals surface area contributed by atoms with E-state index in [1.807, 2.05) is 5.32 Å². The fraction of sp³-hybridized carbons (Fsp3) is 0.450. The summed E-state index contributed by atoms with van der Waals surface area (Å²) < 4.78 is 44.7. The van der Waals surface area contributed by atoms with E-state index in [0.717, 1.165) is 0 Å². The monoisotopic (exact) mass is 498 g/mol. The van der Waals surface area contributed by atoms with Crippen LogP contribution < -0.4 is 31.5 Å². The smallest absolute Gasteiger partial charge is 0.414 e. The standard InChI is InChI=1S/C20H25F3N8O4/c21-15-9-13(30-11-14(35-20(30)34)10-24-19(33)18(22)23)1-2-16(15)28-5-4-26-31(8-7-28)17(32)12-29-6-3-25-27-29/h1-3,6,9,14,18,25-27H,4-5,7-8,10-12H2,(H,24,33)/t14-/m0/s1. The predicted octanol–water partition coefficient (Wildman–Crippen LogP) is -0.519. The fourth-order valence-electron chi connectivity index (χ4n) is 3.84. The molecule has 0 spiro atoms. The van der Waals surface area contributed by atoms with Gasteiger partial charge < -0.3 is 20.4 Å². The number of hydrazine groups is 3. The third-order valence-corrected chi connectivity index (χ3v) is 5.59. The van der Waals surface area contributed by atoms with Gasteiger partial charge in [-0.2, -0.15) is 8.78 Å². The molecule has 190 valence electrons. The number of nitrogens with zero attached hydrogens (tertiary/aromatic N) is 4. The van der Waals surface area contributed by atoms with E-state index < -0.39 is 30.3 Å². The maximum Gasteiger partial charge on any atom is 0.414 e. The number of carbonyl (C=O) groups excluding carboxylic acids is 3. The van der Waals surface area contributed by atoms with Crippen LogP contribution in [0.3, 0.4) is 0 Å². The molecule has 4 N–H and O–H groups in total. The van der Waals surface area contributed by atoms with Gasteiger partial charge in [-0.25, -0.2) is 14.6 Å². The van der Waals surface area contributed by atoms with Crippen LogP contribution in [0.15, 0.2) is 30.6 Å². The Morgan fingerprint density at radius 3 is 2.77 bits per heavy atom. The topological polar surface area (TPSA) is 122 Å². The van der Waals surface area contributed by atoms with Gasteiger partial charge >= 0.3 is 12.5 Å². The first-order valence-corrected chi connectivity index (χ1v) is 10.9. The van der Waals surface area contributed by atoms with Crippen molar-refractivity contribution in [3.05, 3.63) is 36.4 Å². The highest BCUT2D eigenvalue weighted by atomic mass is 19.3. The molecule has 35 heavy (non-hydrogen) atoms. The Morgan fingerprint density at radius 2 is 2.06 bits per heavy atom. The molecule has 1 aromatic rings. The van der Waals surface area contributed by atoms with Crippen molar-refractivity contribution in [2.45, 2.75) is 12.5 Å². The summed E-state index contributed by atoms with van der Waals surface area (Å²) in [5, 5.41) is 5.08. The van der Waals surface area contributed by atoms with Gasteiger partial charge in [0.25, 0.3) is 11.8 Å². The largest absolute Gasteiger partial charge is 0.442 e. The summed E-state index contributed by atoms with van der Waals surface area (Å²) in [6, 6.07) is 4.28. The molecule has 3 heterocycles. The number of ether oxygens (including phenoxy) is 1. The molecule has 3 aliphatic rings. The van der Waals surface area contributed by atoms with Crippen LogP contribution in [0, 0.1) is 5.82 Å². The van der Waals surface area contributed by atoms with Gasteiger partial charge in [-0.3, -0.25) is 24.5 Å². The second-order valence-corrected chi connectivity index (χ2v) is 7.94. The van der Waals surface area contributed by atoms with Gasteiger partial charge in [0.2, 0.25) is 0 Å². The number of benzene rings is 1. The normalized spacial score (nSPS) is 20.2. The summed E-state index contributed by atoms with van der Waals surface area (Å²) in [6.45, 7) is 1.38. The number of cyclic esters (lactones) is 1. The Kier molecular flexibility index (Phi) is 7.45. The van der Waals surface area contributed by atoms with Gasteiger partial charge in [-0.15, -0.1) is 5.53 Å². The molecule has 0 saturated carbocycles. The van der Waals surface area contributed by atoms with E-state index in [0.29, 0.717) is 31.9 Å². The van der Waals surface area contributed by atoms with Crippen molar-refractivity contribution < 1.29 is 32.3 Å². The van der Waals surface area contributed by atoms with Crippen LogP contribution >= 0.6 is 0 Å². The van der Waals surface area contributed by atoms with E-state index in [1.54, 1.807) is 28.4 Å². The van der Waals surface area contributed by atoms with Crippen molar-refractivity contribution in [3.63, 3.8) is 0 Å². The molecule has 15 heteroatoms. The number of halogens is 3. The molecule has 2 saturated heterocycles. The summed E-state index contributed by atoms with van der Waals surface area (Å²) in [5.74, 6) is -2.18. The van der Waals surface area contributed by atoms with Crippen LogP contribution in [-0.4, -0.2) is 86.3 Å². The molecule has 3 aliphatic heterocycles. The van der Waals surface area contributed by atoms with E-state index in [4.69, 9.17) is 4.74 Å². The first kappa shape index (κ1) is 24.4. The van der Waals surface area contributed by atoms with Crippen molar-refractivity contribution in [2.24, 2.45) is 0 Å². The van der Waals surface area contributed by atoms with Crippen LogP contribution in [-0.2, 0) is 14.3 Å². The van der Waals surface area contributed by atoms with E-state index in [9.17, 15) is 23.2 Å². The Balaban J connectivity index is 1.34. The molecule has 3 amide bonds. The quantitative estimate of drug-likeness (QED) is 0.394. The SMILES string of the molecule is O=C(NC[C@H]1CN(c2ccc(N3CCNN(C(=O)CN4C=CNN4)CC3)c(F)c2)C(=O)O1)C(F)F. The molecule has 12 nitrogen and oxygen atoms in total. The lowest BCUT2D eigenvalue weighted by Crippen LogP contribution is -2.49. The molecule has 0 radical (unpaired) electrons. The summed E-state index contributed by atoms with van der Waals surface area (Å²) in [5.41, 5.74) is 9.13. The number of alkyl halides is 2. The number of nitrogens with one attached hydrogen (secondary N) is 4. The lowest BCUT2D eigenvalue weighted by atomic mass is 10.2. The lowest BCUT2D eigenvalue weighted by Gasteiger charge is -2.25. The average molecular weight is 498 g/mol. The van der Waals surface area contributed by atoms with Crippen LogP contribution in [0.5, 0.6) is 0 Å². The second kappa shape index (κ2) is 10.7. The summed E-state index contributed by atoms with van der Waals surface area (Å²) in [6.07, 6.45) is -1.42. The van der Waals surface area contributed by atoms with Crippen molar-refractivity contribution in [1.29, 1.82) is 0 Å². The third-order valence-electron chi connectivity index (χ3n) is 5.59. The van der Waals surface area contributed by atoms with Crippen LogP contribution in [0.1, 0.15) is 0 Å². The van der Waals surface area contributed by atoms with Gasteiger partial charge in [0.1, 0.15) is 18.5 Å². The highest BCUT2D eigenvalue weighted by molar-refractivity contribution is 5.90. The van der Waals surface area contributed by atoms with E-state index in [-0.39, 0.29) is 31.2 Å². The van der Waals surface area contributed by atoms with E-state index in [2.05, 4.69) is 16.4 Å². The maximum absolute atomic E-state index is 15.0. The molecule has 0 bridgehead atoms. The van der Waals surface area contributed by atoms with Gasteiger partial charge in [0.05, 0.1) is 31.0 Å². The highest BCUT2D eigenvalue weighted by Gasteiger charge is 2.33. The molecular weight excluding hydrogens is 473 g/mol. The van der Waals surface area contributed by atoms with Crippen LogP contribution in [0.2, 0.25) is 0 Å². The average Bonchev–Trinajstić information content (AvgIpc) is 3.39. The first-order chi connectivity index (χ1) is 16.8. The number of carbonyl (C=O) groups is 3. The molecule has 2 fully saturated rings. The number of hydrogen-bond donors (Lipinski definition) is 4. The Morgan fingerprint density at radius 1 is 1.23 bits per heavy atom. The zero-order valence-corrected chi connectivity index (χ0v) is 18.5. The van der Waals surface area contributed by atoms with Gasteiger partial charge in [0.15, 0.2) is 0 Å². The third kappa shape index (κ3) is 5.86. The summed E-state index contributed by atoms with van der Waals surface area (Å²) >= 11 is 0. The predicted molar refractivity (Wildman–Crippen MR) is 117 cm³/mol. The number of hydrogen-bond acceptors (Lipinski definition) is 9. The zero-order valence-electron chi connectivity index (χ0n) is 18.5. The highest BCUT2D eigenvalue weighted by Crippen LogP contribution is 2.28. The van der Waals surface area contributed by atoms with E-state index in [1.165, 1.54) is 22.0 Å². The van der Waals surface area contributed by atoms with Crippen LogP contribution in [0.25, 0.3) is 0 Å². The number of rotatable bonds is 7. The molecule has 0 aliphatic carbocycles. The Hall–Kier alpha value is -3.72. The summed E-state index contributed by atoms with van der Waals surface area (Å²) in [7, 11) is 0. The molecule has 1 atom stereocenters. The minimum absolute atomic E-state index is 0.0254. The van der Waals surface area contributed by atoms with Gasteiger partial charge in [-0.05, 0) is 18.2 Å². The molecule has 1 aromatic carbocycles. The van der Waals surface area contributed by atoms with Crippen molar-refractivity contribution >= 4 is 29.3 Å². The maximum atomic E-state index is 15.0. The van der Waals surface area contributed by atoms with Gasteiger partial charge in [-0.1, -0.05) is 0 Å². The Labute approximate surface area is 198 Å². The van der Waals surface area contributed by atoms with Crippen molar-refractivity contribution in [1.82, 2.24) is 31.7 Å². The van der Waals surface area contributed by atoms with Crippen LogP contribution in [0.4, 0.5) is 29.3 Å². The second-order valence-electron chi connectivity index (χ2n) is 7.94. The van der Waals surface area contributed by atoms with E-state index >= 15 is 4.39 Å². The summed E-state index contributed by atoms with van der Waals surface area (Å²) in [4.78, 5) is 38.7. The first-order valence-electron chi connectivity index (χ1n) is 10.9. The number of amides is 3. The minimum Gasteiger partial charge on any atom is -0.442 e. The zero-order chi connectivity index (χ0) is 24.9. The van der Waals surface area contributed by atoms with Crippen molar-refractivity contribution in [3.8, 4) is 0 Å². The van der Waals surface area contributed by atoms with Gasteiger partial charge in [0, 0.05) is 32.0 Å². The lowest BCUT2D eigenvalue weighted by molar-refractivity contribution is -0.135. The molecule has 0 aromatic heterocycles. The fourth-order valence-corrected chi connectivity index (χ4v) is 3.84. The molecule has 0 unspecified atom stereocenters.